The lowest BCUT2D eigenvalue weighted by molar-refractivity contribution is -0.117. The second kappa shape index (κ2) is 7.89. The first-order valence-electron chi connectivity index (χ1n) is 8.49. The van der Waals surface area contributed by atoms with Gasteiger partial charge < -0.3 is 14.4 Å². The third-order valence-corrected chi connectivity index (χ3v) is 7.97. The molecule has 0 spiro atoms. The second-order valence-corrected chi connectivity index (χ2v) is 10.1. The van der Waals surface area contributed by atoms with Crippen LogP contribution in [0.3, 0.4) is 0 Å². The summed E-state index contributed by atoms with van der Waals surface area (Å²) in [5.41, 5.74) is 0.573. The van der Waals surface area contributed by atoms with E-state index in [0.29, 0.717) is 40.2 Å². The molecule has 27 heavy (non-hydrogen) atoms. The van der Waals surface area contributed by atoms with Crippen molar-refractivity contribution in [3.05, 3.63) is 17.2 Å². The fraction of sp³-hybridized carbons (Fsp3) is 0.529. The van der Waals surface area contributed by atoms with Crippen LogP contribution in [-0.2, 0) is 14.6 Å². The van der Waals surface area contributed by atoms with Crippen LogP contribution in [0, 0.1) is 0 Å². The Morgan fingerprint density at radius 1 is 1.30 bits per heavy atom. The lowest BCUT2D eigenvalue weighted by Crippen LogP contribution is -2.38. The molecule has 10 heteroatoms. The van der Waals surface area contributed by atoms with Crippen LogP contribution in [0.15, 0.2) is 17.1 Å². The highest BCUT2D eigenvalue weighted by Crippen LogP contribution is 2.46. The predicted octanol–water partition coefficient (Wildman–Crippen LogP) is 2.76. The average Bonchev–Trinajstić information content (AvgIpc) is 3.05. The molecule has 1 amide bonds. The van der Waals surface area contributed by atoms with Crippen molar-refractivity contribution in [2.24, 2.45) is 4.99 Å². The maximum absolute atomic E-state index is 12.2. The monoisotopic (exact) mass is 432 g/mol. The van der Waals surface area contributed by atoms with Crippen molar-refractivity contribution in [3.8, 4) is 11.5 Å². The Hall–Kier alpha value is -1.45. The number of amides is 1. The molecule has 1 aromatic rings. The Labute approximate surface area is 168 Å². The van der Waals surface area contributed by atoms with Gasteiger partial charge in [-0.3, -0.25) is 4.79 Å². The number of aliphatic imine (C=N–C) groups is 1. The van der Waals surface area contributed by atoms with Crippen LogP contribution < -0.4 is 14.4 Å². The quantitative estimate of drug-likeness (QED) is 0.707. The number of carbonyl (C=O) groups is 1. The molecule has 2 heterocycles. The summed E-state index contributed by atoms with van der Waals surface area (Å²) in [5.74, 6) is 0.744. The lowest BCUT2D eigenvalue weighted by Gasteiger charge is -2.26. The first-order chi connectivity index (χ1) is 12.8. The molecular weight excluding hydrogens is 412 g/mol. The van der Waals surface area contributed by atoms with Gasteiger partial charge in [0, 0.05) is 17.7 Å². The standard InChI is InChI=1S/C17H21ClN2O5S2/c1-4-5-16(21)19-17-20(12-8-27(22,23)9-15(12)26-17)11-6-10(18)13(24-2)7-14(11)25-3/h6-7,12,15H,4-5,8-9H2,1-3H3/t12-,15-/m0/s1. The third-order valence-electron chi connectivity index (χ3n) is 4.46. The van der Waals surface area contributed by atoms with Crippen molar-refractivity contribution >= 4 is 50.0 Å². The van der Waals surface area contributed by atoms with Gasteiger partial charge in [-0.15, -0.1) is 0 Å². The number of benzene rings is 1. The number of ether oxygens (including phenoxy) is 2. The number of amidine groups is 1. The molecule has 2 aliphatic rings. The summed E-state index contributed by atoms with van der Waals surface area (Å²) in [6.45, 7) is 1.91. The zero-order valence-corrected chi connectivity index (χ0v) is 17.7. The molecule has 0 unspecified atom stereocenters. The summed E-state index contributed by atoms with van der Waals surface area (Å²) >= 11 is 7.62. The molecule has 1 aromatic carbocycles. The Morgan fingerprint density at radius 2 is 2.00 bits per heavy atom. The highest BCUT2D eigenvalue weighted by atomic mass is 35.5. The number of fused-ring (bicyclic) bond motifs is 1. The number of sulfone groups is 1. The van der Waals surface area contributed by atoms with Crippen molar-refractivity contribution in [2.75, 3.05) is 30.6 Å². The molecule has 148 valence electrons. The minimum Gasteiger partial charge on any atom is -0.495 e. The Balaban J connectivity index is 2.10. The molecule has 2 atom stereocenters. The van der Waals surface area contributed by atoms with E-state index in [1.165, 1.54) is 26.0 Å². The number of rotatable bonds is 5. The molecule has 0 saturated carbocycles. The van der Waals surface area contributed by atoms with Crippen molar-refractivity contribution in [3.63, 3.8) is 0 Å². The van der Waals surface area contributed by atoms with Crippen LogP contribution in [0.25, 0.3) is 0 Å². The Kier molecular flexibility index (Phi) is 5.93. The summed E-state index contributed by atoms with van der Waals surface area (Å²) < 4.78 is 35.0. The number of methoxy groups -OCH3 is 2. The van der Waals surface area contributed by atoms with Crippen molar-refractivity contribution in [1.29, 1.82) is 0 Å². The van der Waals surface area contributed by atoms with Gasteiger partial charge in [0.15, 0.2) is 15.0 Å². The molecule has 7 nitrogen and oxygen atoms in total. The third kappa shape index (κ3) is 4.05. The van der Waals surface area contributed by atoms with E-state index >= 15 is 0 Å². The number of carbonyl (C=O) groups excluding carboxylic acids is 1. The smallest absolute Gasteiger partial charge is 0.248 e. The molecular formula is C17H21ClN2O5S2. The van der Waals surface area contributed by atoms with Crippen molar-refractivity contribution in [1.82, 2.24) is 0 Å². The maximum Gasteiger partial charge on any atom is 0.248 e. The van der Waals surface area contributed by atoms with Gasteiger partial charge in [0.25, 0.3) is 0 Å². The highest BCUT2D eigenvalue weighted by Gasteiger charge is 2.50. The van der Waals surface area contributed by atoms with Crippen molar-refractivity contribution in [2.45, 2.75) is 31.1 Å². The molecule has 0 aliphatic carbocycles. The van der Waals surface area contributed by atoms with E-state index in [9.17, 15) is 13.2 Å². The van der Waals surface area contributed by atoms with E-state index in [1.54, 1.807) is 17.0 Å². The van der Waals surface area contributed by atoms with E-state index in [-0.39, 0.29) is 28.7 Å². The fourth-order valence-corrected chi connectivity index (χ4v) is 7.41. The first kappa shape index (κ1) is 20.3. The van der Waals surface area contributed by atoms with E-state index in [2.05, 4.69) is 4.99 Å². The number of thioether (sulfide) groups is 1. The Bertz CT molecular complexity index is 888. The number of halogens is 1. The lowest BCUT2D eigenvalue weighted by atomic mass is 10.2. The molecule has 3 rings (SSSR count). The first-order valence-corrected chi connectivity index (χ1v) is 11.6. The highest BCUT2D eigenvalue weighted by molar-refractivity contribution is 8.16. The SMILES string of the molecule is CCCC(=O)N=C1S[C@H]2CS(=O)(=O)C[C@@H]2N1c1cc(Cl)c(OC)cc1OC. The summed E-state index contributed by atoms with van der Waals surface area (Å²) in [7, 11) is -0.139. The molecule has 0 N–H and O–H groups in total. The summed E-state index contributed by atoms with van der Waals surface area (Å²) in [6, 6.07) is 2.98. The normalized spacial score (nSPS) is 24.9. The fourth-order valence-electron chi connectivity index (χ4n) is 3.26. The molecule has 0 bridgehead atoms. The molecule has 2 fully saturated rings. The van der Waals surface area contributed by atoms with Crippen LogP contribution in [-0.4, -0.2) is 56.5 Å². The second-order valence-electron chi connectivity index (χ2n) is 6.37. The van der Waals surface area contributed by atoms with E-state index in [4.69, 9.17) is 21.1 Å². The van der Waals surface area contributed by atoms with E-state index in [0.717, 1.165) is 0 Å². The summed E-state index contributed by atoms with van der Waals surface area (Å²) in [4.78, 5) is 18.1. The average molecular weight is 433 g/mol. The topological polar surface area (TPSA) is 85.3 Å². The van der Waals surface area contributed by atoms with Gasteiger partial charge in [-0.25, -0.2) is 8.42 Å². The van der Waals surface area contributed by atoms with Gasteiger partial charge in [-0.1, -0.05) is 30.3 Å². The zero-order valence-electron chi connectivity index (χ0n) is 15.3. The van der Waals surface area contributed by atoms with Gasteiger partial charge in [-0.2, -0.15) is 4.99 Å². The van der Waals surface area contributed by atoms with Crippen LogP contribution in [0.1, 0.15) is 19.8 Å². The van der Waals surface area contributed by atoms with Crippen LogP contribution in [0.4, 0.5) is 5.69 Å². The zero-order chi connectivity index (χ0) is 19.8. The van der Waals surface area contributed by atoms with Crippen LogP contribution in [0.5, 0.6) is 11.5 Å². The number of anilines is 1. The van der Waals surface area contributed by atoms with Gasteiger partial charge in [0.1, 0.15) is 11.5 Å². The summed E-state index contributed by atoms with van der Waals surface area (Å²) in [6.07, 6.45) is 1.03. The van der Waals surface area contributed by atoms with Crippen molar-refractivity contribution < 1.29 is 22.7 Å². The minimum absolute atomic E-state index is 0.00153. The van der Waals surface area contributed by atoms with Gasteiger partial charge in [0.05, 0.1) is 42.5 Å². The number of hydrogen-bond acceptors (Lipinski definition) is 6. The molecule has 2 saturated heterocycles. The number of hydrogen-bond donors (Lipinski definition) is 0. The molecule has 0 aromatic heterocycles. The molecule has 2 aliphatic heterocycles. The summed E-state index contributed by atoms with van der Waals surface area (Å²) in [5, 5.41) is 0.661. The van der Waals surface area contributed by atoms with E-state index in [1.807, 2.05) is 6.92 Å². The predicted molar refractivity (Wildman–Crippen MR) is 108 cm³/mol. The Morgan fingerprint density at radius 3 is 2.63 bits per heavy atom. The van der Waals surface area contributed by atoms with Gasteiger partial charge in [-0.05, 0) is 12.5 Å². The van der Waals surface area contributed by atoms with E-state index < -0.39 is 9.84 Å². The van der Waals surface area contributed by atoms with Crippen LogP contribution >= 0.6 is 23.4 Å². The largest absolute Gasteiger partial charge is 0.495 e. The maximum atomic E-state index is 12.2. The van der Waals surface area contributed by atoms with Gasteiger partial charge >= 0.3 is 0 Å². The van der Waals surface area contributed by atoms with Crippen LogP contribution in [0.2, 0.25) is 5.02 Å². The molecule has 0 radical (unpaired) electrons. The van der Waals surface area contributed by atoms with Gasteiger partial charge in [0.2, 0.25) is 5.91 Å². The minimum atomic E-state index is -3.15. The number of nitrogens with zero attached hydrogens (tertiary/aromatic N) is 2.